The summed E-state index contributed by atoms with van der Waals surface area (Å²) in [7, 11) is 0. The molecule has 0 aromatic heterocycles. The molecule has 1 N–H and O–H groups in total. The van der Waals surface area contributed by atoms with E-state index in [0.29, 0.717) is 0 Å². The van der Waals surface area contributed by atoms with Crippen molar-refractivity contribution in [3.63, 3.8) is 0 Å². The van der Waals surface area contributed by atoms with E-state index in [4.69, 9.17) is 5.11 Å². The summed E-state index contributed by atoms with van der Waals surface area (Å²) < 4.78 is 109. The predicted octanol–water partition coefficient (Wildman–Crippen LogP) is 3.00. The van der Waals surface area contributed by atoms with Crippen LogP contribution in [0.2, 0.25) is 0 Å². The predicted molar refractivity (Wildman–Crippen MR) is 37.1 cm³/mol. The van der Waals surface area contributed by atoms with Gasteiger partial charge in [0.2, 0.25) is 0 Å². The fraction of sp³-hybridized carbons (Fsp3) is 0.714. The molecule has 1 nitrogen and oxygen atoms in total. The molecule has 0 rings (SSSR count). The number of rotatable bonds is 3. The number of hydrogen-bond acceptors (Lipinski definition) is 1. The molecule has 0 aromatic rings. The lowest BCUT2D eigenvalue weighted by Gasteiger charge is -2.33. The van der Waals surface area contributed by atoms with Crippen LogP contribution in [-0.4, -0.2) is 35.7 Å². The first-order valence-electron chi connectivity index (χ1n) is 3.80. The van der Waals surface area contributed by atoms with Crippen LogP contribution in [-0.2, 0) is 0 Å². The molecule has 102 valence electrons. The fourth-order valence-electron chi connectivity index (χ4n) is 0.799. The second-order valence-electron chi connectivity index (χ2n) is 2.87. The van der Waals surface area contributed by atoms with Crippen LogP contribution in [0, 0.1) is 0 Å². The molecule has 0 spiro atoms. The Bertz CT molecular complexity index is 289. The number of aliphatic hydroxyl groups excluding tert-OH is 1. The molecule has 0 radical (unpaired) electrons. The molecule has 1 atom stereocenters. The highest BCUT2D eigenvalue weighted by Gasteiger charge is 2.80. The van der Waals surface area contributed by atoms with Gasteiger partial charge < -0.3 is 5.11 Å². The van der Waals surface area contributed by atoms with E-state index < -0.39 is 36.6 Å². The van der Waals surface area contributed by atoms with E-state index in [0.717, 1.165) is 0 Å². The van der Waals surface area contributed by atoms with E-state index in [1.54, 1.807) is 0 Å². The molecule has 0 aromatic carbocycles. The average Bonchev–Trinajstić information content (AvgIpc) is 2.10. The molecule has 0 bridgehead atoms. The van der Waals surface area contributed by atoms with Crippen molar-refractivity contribution in [2.45, 2.75) is 23.9 Å². The average molecular weight is 276 g/mol. The van der Waals surface area contributed by atoms with Gasteiger partial charge in [-0.1, -0.05) is 6.08 Å². The smallest absolute Gasteiger partial charge is 0.392 e. The van der Waals surface area contributed by atoms with Gasteiger partial charge in [-0.3, -0.25) is 0 Å². The van der Waals surface area contributed by atoms with Crippen molar-refractivity contribution in [2.75, 3.05) is 6.61 Å². The van der Waals surface area contributed by atoms with Gasteiger partial charge in [0.1, 0.15) is 0 Å². The third-order valence-corrected chi connectivity index (χ3v) is 1.68. The summed E-state index contributed by atoms with van der Waals surface area (Å²) >= 11 is 0. The van der Waals surface area contributed by atoms with E-state index in [9.17, 15) is 39.5 Å². The van der Waals surface area contributed by atoms with Crippen LogP contribution < -0.4 is 0 Å². The summed E-state index contributed by atoms with van der Waals surface area (Å²) in [6, 6.07) is 0. The second-order valence-corrected chi connectivity index (χ2v) is 2.87. The van der Waals surface area contributed by atoms with E-state index in [1.807, 2.05) is 0 Å². The molecule has 0 aliphatic carbocycles. The van der Waals surface area contributed by atoms with Crippen LogP contribution in [0.5, 0.6) is 0 Å². The Hall–Kier alpha value is -0.930. The van der Waals surface area contributed by atoms with E-state index in [1.165, 1.54) is 0 Å². The van der Waals surface area contributed by atoms with E-state index in [2.05, 4.69) is 0 Å². The molecule has 0 saturated carbocycles. The SMILES string of the molecule is OC/C=C\[C@](F)(C(F)(F)F)C(F)(F)C(F)(F)F. The molecule has 10 heteroatoms. The zero-order valence-corrected chi connectivity index (χ0v) is 7.71. The van der Waals surface area contributed by atoms with E-state index >= 15 is 0 Å². The molecule has 0 aliphatic heterocycles. The molecular formula is C7H5F9O. The van der Waals surface area contributed by atoms with Crippen LogP contribution in [0.4, 0.5) is 39.5 Å². The summed E-state index contributed by atoms with van der Waals surface area (Å²) in [5, 5.41) is 8.02. The molecule has 0 unspecified atom stereocenters. The lowest BCUT2D eigenvalue weighted by atomic mass is 9.95. The van der Waals surface area contributed by atoms with Crippen LogP contribution in [0.15, 0.2) is 12.2 Å². The third-order valence-electron chi connectivity index (χ3n) is 1.68. The van der Waals surface area contributed by atoms with Gasteiger partial charge in [0.25, 0.3) is 5.67 Å². The molecule has 0 saturated heterocycles. The maximum absolute atomic E-state index is 13.0. The van der Waals surface area contributed by atoms with Crippen molar-refractivity contribution in [1.82, 2.24) is 0 Å². The summed E-state index contributed by atoms with van der Waals surface area (Å²) in [5.74, 6) is -6.66. The minimum atomic E-state index is -6.73. The van der Waals surface area contributed by atoms with Crippen molar-refractivity contribution < 1.29 is 44.6 Å². The normalized spacial score (nSPS) is 18.5. The van der Waals surface area contributed by atoms with Crippen molar-refractivity contribution in [3.05, 3.63) is 12.2 Å². The topological polar surface area (TPSA) is 20.2 Å². The zero-order valence-electron chi connectivity index (χ0n) is 7.71. The standard InChI is InChI=1S/C7H5F9O/c8-4(2-1-3-17,6(11,12)13)5(9,10)7(14,15)16/h1-2,17H,3H2/b2-1-/t4-/m1/s1. The van der Waals surface area contributed by atoms with Crippen LogP contribution in [0.1, 0.15) is 0 Å². The lowest BCUT2D eigenvalue weighted by molar-refractivity contribution is -0.369. The Balaban J connectivity index is 5.73. The van der Waals surface area contributed by atoms with Crippen molar-refractivity contribution >= 4 is 0 Å². The summed E-state index contributed by atoms with van der Waals surface area (Å²) in [4.78, 5) is 0. The Morgan fingerprint density at radius 2 is 1.18 bits per heavy atom. The number of alkyl halides is 9. The lowest BCUT2D eigenvalue weighted by Crippen LogP contribution is -2.61. The second kappa shape index (κ2) is 4.39. The van der Waals surface area contributed by atoms with Crippen LogP contribution in [0.3, 0.4) is 0 Å². The first-order valence-corrected chi connectivity index (χ1v) is 3.80. The van der Waals surface area contributed by atoms with Gasteiger partial charge in [0.05, 0.1) is 6.61 Å². The molecule has 0 aliphatic rings. The third kappa shape index (κ3) is 2.67. The van der Waals surface area contributed by atoms with Gasteiger partial charge in [0, 0.05) is 0 Å². The van der Waals surface area contributed by atoms with Gasteiger partial charge >= 0.3 is 18.3 Å². The van der Waals surface area contributed by atoms with Crippen LogP contribution in [0.25, 0.3) is 0 Å². The maximum atomic E-state index is 13.0. The molecular weight excluding hydrogens is 271 g/mol. The summed E-state index contributed by atoms with van der Waals surface area (Å²) in [6.07, 6.45) is -14.5. The number of hydrogen-bond donors (Lipinski definition) is 1. The molecule has 0 fully saturated rings. The molecule has 0 amide bonds. The van der Waals surface area contributed by atoms with Crippen molar-refractivity contribution in [2.24, 2.45) is 0 Å². The Kier molecular flexibility index (Phi) is 4.15. The highest BCUT2D eigenvalue weighted by atomic mass is 19.4. The Morgan fingerprint density at radius 3 is 1.41 bits per heavy atom. The number of halogens is 9. The quantitative estimate of drug-likeness (QED) is 0.620. The monoisotopic (exact) mass is 276 g/mol. The molecule has 0 heterocycles. The minimum absolute atomic E-state index is 0.187. The van der Waals surface area contributed by atoms with Gasteiger partial charge in [-0.15, -0.1) is 0 Å². The van der Waals surface area contributed by atoms with E-state index in [-0.39, 0.29) is 6.08 Å². The number of allylic oxidation sites excluding steroid dienone is 1. The van der Waals surface area contributed by atoms with Gasteiger partial charge in [0.15, 0.2) is 0 Å². The first kappa shape index (κ1) is 16.1. The van der Waals surface area contributed by atoms with Gasteiger partial charge in [-0.25, -0.2) is 4.39 Å². The van der Waals surface area contributed by atoms with Gasteiger partial charge in [-0.05, 0) is 6.08 Å². The van der Waals surface area contributed by atoms with Gasteiger partial charge in [-0.2, -0.15) is 35.1 Å². The highest BCUT2D eigenvalue weighted by molar-refractivity contribution is 5.16. The maximum Gasteiger partial charge on any atom is 0.457 e. The first-order chi connectivity index (χ1) is 7.31. The summed E-state index contributed by atoms with van der Waals surface area (Å²) in [6.45, 7) is -1.32. The summed E-state index contributed by atoms with van der Waals surface area (Å²) in [5.41, 5.74) is -5.93. The number of aliphatic hydroxyl groups is 1. The zero-order chi connectivity index (χ0) is 14.1. The fourth-order valence-corrected chi connectivity index (χ4v) is 0.799. The largest absolute Gasteiger partial charge is 0.457 e. The molecule has 17 heavy (non-hydrogen) atoms. The van der Waals surface area contributed by atoms with Crippen molar-refractivity contribution in [3.8, 4) is 0 Å². The van der Waals surface area contributed by atoms with Crippen LogP contribution >= 0.6 is 0 Å². The Labute approximate surface area is 88.5 Å². The van der Waals surface area contributed by atoms with Crippen molar-refractivity contribution in [1.29, 1.82) is 0 Å². The minimum Gasteiger partial charge on any atom is -0.392 e. The Morgan fingerprint density at radius 1 is 0.765 bits per heavy atom. The highest BCUT2D eigenvalue weighted by Crippen LogP contribution is 2.53.